The van der Waals surface area contributed by atoms with Crippen LogP contribution in [-0.2, 0) is 14.4 Å². The van der Waals surface area contributed by atoms with Crippen LogP contribution in [0.25, 0.3) is 0 Å². The zero-order valence-corrected chi connectivity index (χ0v) is 14.1. The lowest BCUT2D eigenvalue weighted by atomic mass is 9.78. The SMILES string of the molecule is CC1=C(C(=O)O)[C@H](c2cccc([N+](=O)[O-])c2)C(C(=O)CC(N)=O)=C(C)N1. The minimum atomic E-state index is -1.27. The Kier molecular flexibility index (Phi) is 5.20. The fourth-order valence-electron chi connectivity index (χ4n) is 3.05. The van der Waals surface area contributed by atoms with E-state index in [9.17, 15) is 29.6 Å². The van der Waals surface area contributed by atoms with E-state index in [2.05, 4.69) is 5.32 Å². The van der Waals surface area contributed by atoms with E-state index in [1.807, 2.05) is 0 Å². The third kappa shape index (κ3) is 3.61. The van der Waals surface area contributed by atoms with Crippen molar-refractivity contribution in [3.8, 4) is 0 Å². The van der Waals surface area contributed by atoms with Gasteiger partial charge >= 0.3 is 5.97 Å². The molecule has 1 amide bonds. The Bertz CT molecular complexity index is 884. The highest BCUT2D eigenvalue weighted by Crippen LogP contribution is 2.39. The molecule has 4 N–H and O–H groups in total. The number of dihydropyridines is 1. The summed E-state index contributed by atoms with van der Waals surface area (Å²) in [6, 6.07) is 5.40. The van der Waals surface area contributed by atoms with Crippen molar-refractivity contribution in [3.05, 3.63) is 62.5 Å². The number of carboxylic acids is 1. The van der Waals surface area contributed by atoms with Gasteiger partial charge in [0.2, 0.25) is 5.91 Å². The summed E-state index contributed by atoms with van der Waals surface area (Å²) in [7, 11) is 0. The predicted molar refractivity (Wildman–Crippen MR) is 90.8 cm³/mol. The lowest BCUT2D eigenvalue weighted by Crippen LogP contribution is -2.32. The molecule has 1 atom stereocenters. The second-order valence-electron chi connectivity index (χ2n) is 5.86. The maximum atomic E-state index is 12.5. The first kappa shape index (κ1) is 18.8. The van der Waals surface area contributed by atoms with E-state index in [0.29, 0.717) is 11.4 Å². The smallest absolute Gasteiger partial charge is 0.334 e. The van der Waals surface area contributed by atoms with Crippen LogP contribution in [0.1, 0.15) is 31.7 Å². The van der Waals surface area contributed by atoms with Crippen LogP contribution in [0, 0.1) is 10.1 Å². The fourth-order valence-corrected chi connectivity index (χ4v) is 3.05. The molecule has 1 aromatic rings. The van der Waals surface area contributed by atoms with E-state index in [0.717, 1.165) is 0 Å². The lowest BCUT2D eigenvalue weighted by molar-refractivity contribution is -0.384. The van der Waals surface area contributed by atoms with E-state index < -0.39 is 34.9 Å². The number of non-ortho nitro benzene ring substituents is 1. The number of benzene rings is 1. The summed E-state index contributed by atoms with van der Waals surface area (Å²) in [4.78, 5) is 46.0. The van der Waals surface area contributed by atoms with Gasteiger partial charge in [0.15, 0.2) is 5.78 Å². The molecule has 1 heterocycles. The predicted octanol–water partition coefficient (Wildman–Crippen LogP) is 1.36. The van der Waals surface area contributed by atoms with Crippen LogP contribution in [0.4, 0.5) is 5.69 Å². The highest BCUT2D eigenvalue weighted by molar-refractivity contribution is 6.09. The zero-order chi connectivity index (χ0) is 19.6. The number of primary amides is 1. The largest absolute Gasteiger partial charge is 0.478 e. The quantitative estimate of drug-likeness (QED) is 0.394. The van der Waals surface area contributed by atoms with Gasteiger partial charge < -0.3 is 16.2 Å². The first-order valence-corrected chi connectivity index (χ1v) is 7.61. The summed E-state index contributed by atoms with van der Waals surface area (Å²) >= 11 is 0. The summed E-state index contributed by atoms with van der Waals surface area (Å²) in [5.74, 6) is -3.81. The van der Waals surface area contributed by atoms with Crippen molar-refractivity contribution in [2.75, 3.05) is 0 Å². The molecule has 0 aromatic heterocycles. The number of hydrogen-bond donors (Lipinski definition) is 3. The molecule has 0 aliphatic carbocycles. The molecular formula is C17H17N3O6. The van der Waals surface area contributed by atoms with E-state index in [1.54, 1.807) is 6.92 Å². The molecule has 136 valence electrons. The van der Waals surface area contributed by atoms with Crippen molar-refractivity contribution in [2.24, 2.45) is 5.73 Å². The molecule has 1 aliphatic rings. The fraction of sp³-hybridized carbons (Fsp3) is 0.235. The van der Waals surface area contributed by atoms with Crippen molar-refractivity contribution in [1.29, 1.82) is 0 Å². The second-order valence-corrected chi connectivity index (χ2v) is 5.86. The highest BCUT2D eigenvalue weighted by Gasteiger charge is 2.37. The Balaban J connectivity index is 2.69. The summed E-state index contributed by atoms with van der Waals surface area (Å²) in [6.45, 7) is 3.10. The Morgan fingerprint density at radius 2 is 1.85 bits per heavy atom. The third-order valence-electron chi connectivity index (χ3n) is 4.04. The Morgan fingerprint density at radius 3 is 2.38 bits per heavy atom. The summed E-state index contributed by atoms with van der Waals surface area (Å²) < 4.78 is 0. The average Bonchev–Trinajstić information content (AvgIpc) is 2.52. The first-order chi connectivity index (χ1) is 12.1. The monoisotopic (exact) mass is 359 g/mol. The Labute approximate surface area is 148 Å². The Morgan fingerprint density at radius 1 is 1.23 bits per heavy atom. The van der Waals surface area contributed by atoms with Crippen LogP contribution in [0.5, 0.6) is 0 Å². The molecule has 0 spiro atoms. The van der Waals surface area contributed by atoms with Crippen LogP contribution in [0.2, 0.25) is 0 Å². The molecule has 1 aromatic carbocycles. The minimum Gasteiger partial charge on any atom is -0.478 e. The van der Waals surface area contributed by atoms with Crippen LogP contribution < -0.4 is 11.1 Å². The molecule has 0 saturated carbocycles. The first-order valence-electron chi connectivity index (χ1n) is 7.61. The standard InChI is InChI=1S/C17H17N3O6/c1-8-14(12(21)7-13(18)22)16(15(17(23)24)9(2)19-8)10-4-3-5-11(6-10)20(25)26/h3-6,16,19H,7H2,1-2H3,(H2,18,22)(H,23,24)/t16-/m1/s1. The maximum absolute atomic E-state index is 12.5. The number of rotatable bonds is 6. The minimum absolute atomic E-state index is 0.0484. The van der Waals surface area contributed by atoms with Crippen LogP contribution >= 0.6 is 0 Å². The number of nitrogens with one attached hydrogen (secondary N) is 1. The summed E-state index contributed by atoms with van der Waals surface area (Å²) in [6.07, 6.45) is -0.592. The number of Topliss-reactive ketones (excluding diaryl/α,β-unsaturated/α-hetero) is 1. The molecule has 1 aliphatic heterocycles. The van der Waals surface area contributed by atoms with Gasteiger partial charge in [0, 0.05) is 35.0 Å². The number of carboxylic acid groups (broad SMARTS) is 1. The van der Waals surface area contributed by atoms with Gasteiger partial charge in [-0.15, -0.1) is 0 Å². The number of nitrogens with zero attached hydrogens (tertiary/aromatic N) is 1. The molecular weight excluding hydrogens is 342 g/mol. The topological polar surface area (TPSA) is 153 Å². The van der Waals surface area contributed by atoms with E-state index in [-0.39, 0.29) is 22.4 Å². The molecule has 2 rings (SSSR count). The molecule has 9 nitrogen and oxygen atoms in total. The molecule has 0 bridgehead atoms. The van der Waals surface area contributed by atoms with Gasteiger partial charge in [-0.05, 0) is 19.4 Å². The average molecular weight is 359 g/mol. The number of aliphatic carboxylic acids is 1. The van der Waals surface area contributed by atoms with Gasteiger partial charge in [0.05, 0.1) is 16.9 Å². The van der Waals surface area contributed by atoms with Gasteiger partial charge in [-0.2, -0.15) is 0 Å². The number of nitrogens with two attached hydrogens (primary N) is 1. The summed E-state index contributed by atoms with van der Waals surface area (Å²) in [5.41, 5.74) is 5.73. The molecule has 9 heteroatoms. The molecule has 0 saturated heterocycles. The number of carbonyl (C=O) groups excluding carboxylic acids is 2. The molecule has 26 heavy (non-hydrogen) atoms. The van der Waals surface area contributed by atoms with Crippen molar-refractivity contribution in [2.45, 2.75) is 26.2 Å². The second kappa shape index (κ2) is 7.18. The van der Waals surface area contributed by atoms with E-state index >= 15 is 0 Å². The van der Waals surface area contributed by atoms with Gasteiger partial charge in [-0.25, -0.2) is 4.79 Å². The number of carbonyl (C=O) groups is 3. The van der Waals surface area contributed by atoms with Crippen LogP contribution in [0.15, 0.2) is 46.8 Å². The zero-order valence-electron chi connectivity index (χ0n) is 14.1. The number of nitro groups is 1. The van der Waals surface area contributed by atoms with Gasteiger partial charge in [-0.3, -0.25) is 19.7 Å². The number of hydrogen-bond acceptors (Lipinski definition) is 6. The van der Waals surface area contributed by atoms with Crippen LogP contribution in [-0.4, -0.2) is 27.7 Å². The lowest BCUT2D eigenvalue weighted by Gasteiger charge is -2.30. The van der Waals surface area contributed by atoms with Gasteiger partial charge in [-0.1, -0.05) is 12.1 Å². The van der Waals surface area contributed by atoms with Crippen LogP contribution in [0.3, 0.4) is 0 Å². The number of amides is 1. The normalized spacial score (nSPS) is 16.9. The Hall–Kier alpha value is -3.49. The number of ketones is 1. The van der Waals surface area contributed by atoms with E-state index in [1.165, 1.54) is 31.2 Å². The third-order valence-corrected chi connectivity index (χ3v) is 4.04. The van der Waals surface area contributed by atoms with E-state index in [4.69, 9.17) is 5.73 Å². The van der Waals surface area contributed by atoms with Gasteiger partial charge in [0.25, 0.3) is 5.69 Å². The molecule has 0 fully saturated rings. The molecule has 0 unspecified atom stereocenters. The van der Waals surface area contributed by atoms with Crippen molar-refractivity contribution in [3.63, 3.8) is 0 Å². The van der Waals surface area contributed by atoms with Crippen molar-refractivity contribution >= 4 is 23.3 Å². The highest BCUT2D eigenvalue weighted by atomic mass is 16.6. The maximum Gasteiger partial charge on any atom is 0.334 e. The molecule has 0 radical (unpaired) electrons. The van der Waals surface area contributed by atoms with Crippen molar-refractivity contribution < 1.29 is 24.4 Å². The number of nitro benzene ring substituents is 1. The van der Waals surface area contributed by atoms with Crippen molar-refractivity contribution in [1.82, 2.24) is 5.32 Å². The number of allylic oxidation sites excluding steroid dienone is 3. The van der Waals surface area contributed by atoms with Gasteiger partial charge in [0.1, 0.15) is 0 Å². The summed E-state index contributed by atoms with van der Waals surface area (Å²) in [5, 5.41) is 23.5.